The Bertz CT molecular complexity index is 264. The first-order valence-electron chi connectivity index (χ1n) is 5.80. The van der Waals surface area contributed by atoms with Crippen LogP contribution in [0, 0.1) is 5.41 Å². The fourth-order valence-corrected chi connectivity index (χ4v) is 1.69. The van der Waals surface area contributed by atoms with Gasteiger partial charge in [-0.1, -0.05) is 0 Å². The van der Waals surface area contributed by atoms with Crippen LogP contribution in [0.4, 0.5) is 0 Å². The minimum Gasteiger partial charge on any atom is -0.465 e. The van der Waals surface area contributed by atoms with Gasteiger partial charge in [-0.2, -0.15) is 0 Å². The Balaban J connectivity index is 2.53. The van der Waals surface area contributed by atoms with Gasteiger partial charge < -0.3 is 9.47 Å². The van der Waals surface area contributed by atoms with Crippen LogP contribution in [0.2, 0.25) is 0 Å². The van der Waals surface area contributed by atoms with Gasteiger partial charge in [-0.3, -0.25) is 9.59 Å². The van der Waals surface area contributed by atoms with Gasteiger partial charge in [0, 0.05) is 13.0 Å². The molecule has 1 heterocycles. The van der Waals surface area contributed by atoms with Crippen molar-refractivity contribution in [3.63, 3.8) is 0 Å². The van der Waals surface area contributed by atoms with Gasteiger partial charge >= 0.3 is 5.97 Å². The number of Topliss-reactive ketones (excluding diaryl/α,β-unsaturated/α-hetero) is 1. The number of hydrogen-bond acceptors (Lipinski definition) is 4. The predicted molar refractivity (Wildman–Crippen MR) is 59.0 cm³/mol. The number of carbonyl (C=O) groups excluding carboxylic acids is 2. The van der Waals surface area contributed by atoms with E-state index < -0.39 is 11.4 Å². The van der Waals surface area contributed by atoms with Crippen molar-refractivity contribution >= 4 is 11.8 Å². The number of ketones is 1. The highest BCUT2D eigenvalue weighted by Gasteiger charge is 2.38. The second-order valence-corrected chi connectivity index (χ2v) is 4.61. The van der Waals surface area contributed by atoms with E-state index in [4.69, 9.17) is 9.47 Å². The van der Waals surface area contributed by atoms with E-state index in [1.165, 1.54) is 0 Å². The molecular formula is C12H20O4. The van der Waals surface area contributed by atoms with Crippen LogP contribution in [0.1, 0.15) is 40.0 Å². The Morgan fingerprint density at radius 3 is 2.62 bits per heavy atom. The molecule has 1 rings (SSSR count). The average Bonchev–Trinajstić information content (AvgIpc) is 2.70. The summed E-state index contributed by atoms with van der Waals surface area (Å²) in [5.41, 5.74) is -1.05. The van der Waals surface area contributed by atoms with Crippen LogP contribution >= 0.6 is 0 Å². The lowest BCUT2D eigenvalue weighted by molar-refractivity contribution is -0.158. The fourth-order valence-electron chi connectivity index (χ4n) is 1.69. The third-order valence-electron chi connectivity index (χ3n) is 2.92. The van der Waals surface area contributed by atoms with E-state index in [1.807, 2.05) is 0 Å². The van der Waals surface area contributed by atoms with Gasteiger partial charge in [-0.15, -0.1) is 0 Å². The Morgan fingerprint density at radius 1 is 1.44 bits per heavy atom. The fraction of sp³-hybridized carbons (Fsp3) is 0.833. The molecular weight excluding hydrogens is 208 g/mol. The SMILES string of the molecule is CCOC(=O)C(C)(C)C(=O)CC1CCCO1. The zero-order valence-corrected chi connectivity index (χ0v) is 10.2. The van der Waals surface area contributed by atoms with Crippen LogP contribution in [0.3, 0.4) is 0 Å². The summed E-state index contributed by atoms with van der Waals surface area (Å²) in [6, 6.07) is 0. The molecule has 0 aromatic rings. The smallest absolute Gasteiger partial charge is 0.319 e. The average molecular weight is 228 g/mol. The molecule has 1 saturated heterocycles. The molecule has 1 aliphatic rings. The molecule has 4 heteroatoms. The quantitative estimate of drug-likeness (QED) is 0.531. The molecule has 4 nitrogen and oxygen atoms in total. The van der Waals surface area contributed by atoms with Crippen LogP contribution in [0.15, 0.2) is 0 Å². The van der Waals surface area contributed by atoms with Crippen LogP contribution in [-0.2, 0) is 19.1 Å². The molecule has 1 fully saturated rings. The van der Waals surface area contributed by atoms with Crippen LogP contribution in [-0.4, -0.2) is 31.1 Å². The number of hydrogen-bond donors (Lipinski definition) is 0. The van der Waals surface area contributed by atoms with Crippen molar-refractivity contribution in [3.05, 3.63) is 0 Å². The van der Waals surface area contributed by atoms with Crippen molar-refractivity contribution in [1.82, 2.24) is 0 Å². The van der Waals surface area contributed by atoms with E-state index >= 15 is 0 Å². The number of esters is 1. The summed E-state index contributed by atoms with van der Waals surface area (Å²) in [5, 5.41) is 0. The molecule has 0 radical (unpaired) electrons. The maximum atomic E-state index is 12.0. The molecule has 0 aromatic carbocycles. The largest absolute Gasteiger partial charge is 0.465 e. The molecule has 0 saturated carbocycles. The summed E-state index contributed by atoms with van der Waals surface area (Å²) < 4.78 is 10.3. The summed E-state index contributed by atoms with van der Waals surface area (Å²) >= 11 is 0. The molecule has 16 heavy (non-hydrogen) atoms. The lowest BCUT2D eigenvalue weighted by Crippen LogP contribution is -2.36. The first-order chi connectivity index (χ1) is 7.48. The van der Waals surface area contributed by atoms with Gasteiger partial charge in [0.2, 0.25) is 0 Å². The predicted octanol–water partition coefficient (Wildman–Crippen LogP) is 1.71. The van der Waals surface area contributed by atoms with Crippen LogP contribution in [0.25, 0.3) is 0 Å². The van der Waals surface area contributed by atoms with Gasteiger partial charge in [-0.25, -0.2) is 0 Å². The number of carbonyl (C=O) groups is 2. The molecule has 0 amide bonds. The Morgan fingerprint density at radius 2 is 2.12 bits per heavy atom. The third kappa shape index (κ3) is 3.04. The van der Waals surface area contributed by atoms with Gasteiger partial charge in [0.15, 0.2) is 5.78 Å². The van der Waals surface area contributed by atoms with Gasteiger partial charge in [0.05, 0.1) is 12.7 Å². The molecule has 1 unspecified atom stereocenters. The Kier molecular flexibility index (Phi) is 4.47. The van der Waals surface area contributed by atoms with Crippen LogP contribution in [0.5, 0.6) is 0 Å². The topological polar surface area (TPSA) is 52.6 Å². The standard InChI is InChI=1S/C12H20O4/c1-4-15-11(14)12(2,3)10(13)8-9-6-5-7-16-9/h9H,4-8H2,1-3H3. The van der Waals surface area contributed by atoms with E-state index in [-0.39, 0.29) is 11.9 Å². The molecule has 1 aliphatic heterocycles. The lowest BCUT2D eigenvalue weighted by atomic mass is 9.85. The van der Waals surface area contributed by atoms with E-state index in [1.54, 1.807) is 20.8 Å². The second kappa shape index (κ2) is 5.43. The van der Waals surface area contributed by atoms with Gasteiger partial charge in [0.25, 0.3) is 0 Å². The molecule has 0 aromatic heterocycles. The minimum absolute atomic E-state index is 0.0128. The van der Waals surface area contributed by atoms with E-state index in [2.05, 4.69) is 0 Å². The summed E-state index contributed by atoms with van der Waals surface area (Å²) in [6.07, 6.45) is 2.20. The zero-order valence-electron chi connectivity index (χ0n) is 10.2. The third-order valence-corrected chi connectivity index (χ3v) is 2.92. The monoisotopic (exact) mass is 228 g/mol. The summed E-state index contributed by atoms with van der Waals surface area (Å²) in [6.45, 7) is 5.98. The molecule has 0 spiro atoms. The molecule has 0 N–H and O–H groups in total. The normalized spacial score (nSPS) is 20.8. The highest BCUT2D eigenvalue weighted by atomic mass is 16.5. The van der Waals surface area contributed by atoms with E-state index in [9.17, 15) is 9.59 Å². The first-order valence-corrected chi connectivity index (χ1v) is 5.80. The molecule has 1 atom stereocenters. The van der Waals surface area contributed by atoms with Gasteiger partial charge in [-0.05, 0) is 33.6 Å². The van der Waals surface area contributed by atoms with E-state index in [0.29, 0.717) is 13.0 Å². The molecule has 92 valence electrons. The van der Waals surface area contributed by atoms with Crippen LogP contribution < -0.4 is 0 Å². The maximum absolute atomic E-state index is 12.0. The van der Waals surface area contributed by atoms with Crippen molar-refractivity contribution in [3.8, 4) is 0 Å². The van der Waals surface area contributed by atoms with E-state index in [0.717, 1.165) is 19.4 Å². The minimum atomic E-state index is -1.05. The van der Waals surface area contributed by atoms with Crippen molar-refractivity contribution in [1.29, 1.82) is 0 Å². The summed E-state index contributed by atoms with van der Waals surface area (Å²) in [7, 11) is 0. The summed E-state index contributed by atoms with van der Waals surface area (Å²) in [5.74, 6) is -0.546. The second-order valence-electron chi connectivity index (χ2n) is 4.61. The molecule has 0 bridgehead atoms. The Hall–Kier alpha value is -0.900. The zero-order chi connectivity index (χ0) is 12.2. The number of rotatable bonds is 5. The van der Waals surface area contributed by atoms with Crippen molar-refractivity contribution in [2.75, 3.05) is 13.2 Å². The highest BCUT2D eigenvalue weighted by molar-refractivity contribution is 6.03. The lowest BCUT2D eigenvalue weighted by Gasteiger charge is -2.22. The first kappa shape index (κ1) is 13.2. The van der Waals surface area contributed by atoms with Crippen molar-refractivity contribution in [2.24, 2.45) is 5.41 Å². The number of ether oxygens (including phenoxy) is 2. The highest BCUT2D eigenvalue weighted by Crippen LogP contribution is 2.25. The Labute approximate surface area is 96.3 Å². The van der Waals surface area contributed by atoms with Crippen molar-refractivity contribution in [2.45, 2.75) is 46.1 Å². The molecule has 0 aliphatic carbocycles. The van der Waals surface area contributed by atoms with Crippen molar-refractivity contribution < 1.29 is 19.1 Å². The van der Waals surface area contributed by atoms with Gasteiger partial charge in [0.1, 0.15) is 5.41 Å². The maximum Gasteiger partial charge on any atom is 0.319 e. The summed E-state index contributed by atoms with van der Waals surface area (Å²) in [4.78, 5) is 23.6.